The highest BCUT2D eigenvalue weighted by Crippen LogP contribution is 2.26. The van der Waals surface area contributed by atoms with Crippen molar-refractivity contribution in [1.29, 1.82) is 0 Å². The summed E-state index contributed by atoms with van der Waals surface area (Å²) in [6, 6.07) is 0. The number of carbonyl (C=O) groups excluding carboxylic acids is 1. The van der Waals surface area contributed by atoms with Crippen LogP contribution in [0.1, 0.15) is 46.5 Å². The summed E-state index contributed by atoms with van der Waals surface area (Å²) < 4.78 is 10.9. The minimum Gasteiger partial charge on any atom is -0.430 e. The van der Waals surface area contributed by atoms with Crippen molar-refractivity contribution in [1.82, 2.24) is 0 Å². The van der Waals surface area contributed by atoms with Gasteiger partial charge in [0.2, 0.25) is 5.79 Å². The molecule has 0 bridgehead atoms. The Hall–Kier alpha value is -0.830. The summed E-state index contributed by atoms with van der Waals surface area (Å²) in [7, 11) is 0. The Morgan fingerprint density at radius 1 is 1.33 bits per heavy atom. The SMILES string of the molecule is C=C(C)C(=O)OC(C)(C)OC1CCCC1. The van der Waals surface area contributed by atoms with Gasteiger partial charge in [-0.25, -0.2) is 4.79 Å². The van der Waals surface area contributed by atoms with Gasteiger partial charge in [0.15, 0.2) is 0 Å². The maximum atomic E-state index is 11.3. The average Bonchev–Trinajstić information content (AvgIpc) is 2.54. The van der Waals surface area contributed by atoms with Crippen molar-refractivity contribution >= 4 is 5.97 Å². The van der Waals surface area contributed by atoms with Crippen LogP contribution >= 0.6 is 0 Å². The van der Waals surface area contributed by atoms with Crippen molar-refractivity contribution in [2.45, 2.75) is 58.3 Å². The lowest BCUT2D eigenvalue weighted by atomic mass is 10.3. The van der Waals surface area contributed by atoms with Crippen LogP contribution in [0.15, 0.2) is 12.2 Å². The zero-order valence-electron chi connectivity index (χ0n) is 9.84. The molecule has 0 atom stereocenters. The van der Waals surface area contributed by atoms with Gasteiger partial charge >= 0.3 is 5.97 Å². The Balaban J connectivity index is 2.43. The fraction of sp³-hybridized carbons (Fsp3) is 0.750. The van der Waals surface area contributed by atoms with E-state index in [-0.39, 0.29) is 6.10 Å². The van der Waals surface area contributed by atoms with Gasteiger partial charge in [-0.3, -0.25) is 0 Å². The maximum absolute atomic E-state index is 11.3. The third-order valence-corrected chi connectivity index (χ3v) is 2.44. The summed E-state index contributed by atoms with van der Waals surface area (Å²) in [4.78, 5) is 11.3. The minimum atomic E-state index is -0.842. The summed E-state index contributed by atoms with van der Waals surface area (Å²) in [5.74, 6) is -1.23. The Kier molecular flexibility index (Phi) is 3.91. The number of rotatable bonds is 4. The summed E-state index contributed by atoms with van der Waals surface area (Å²) in [6.07, 6.45) is 4.77. The molecule has 0 aliphatic heterocycles. The van der Waals surface area contributed by atoms with E-state index in [0.717, 1.165) is 12.8 Å². The van der Waals surface area contributed by atoms with Gasteiger partial charge in [0.25, 0.3) is 0 Å². The molecule has 3 nitrogen and oxygen atoms in total. The molecule has 1 rings (SSSR count). The van der Waals surface area contributed by atoms with Crippen LogP contribution in [-0.4, -0.2) is 17.9 Å². The zero-order chi connectivity index (χ0) is 11.5. The average molecular weight is 212 g/mol. The smallest absolute Gasteiger partial charge is 0.335 e. The molecule has 0 heterocycles. The molecule has 0 N–H and O–H groups in total. The van der Waals surface area contributed by atoms with Crippen LogP contribution in [0.3, 0.4) is 0 Å². The van der Waals surface area contributed by atoms with Gasteiger partial charge < -0.3 is 9.47 Å². The van der Waals surface area contributed by atoms with Crippen molar-refractivity contribution in [2.75, 3.05) is 0 Å². The van der Waals surface area contributed by atoms with Crippen LogP contribution in [0.5, 0.6) is 0 Å². The molecule has 1 saturated carbocycles. The number of carbonyl (C=O) groups is 1. The standard InChI is InChI=1S/C12H20O3/c1-9(2)11(13)15-12(3,4)14-10-7-5-6-8-10/h10H,1,5-8H2,2-4H3. The van der Waals surface area contributed by atoms with E-state index in [1.807, 2.05) is 0 Å². The first kappa shape index (κ1) is 12.2. The van der Waals surface area contributed by atoms with Crippen molar-refractivity contribution in [2.24, 2.45) is 0 Å². The molecule has 0 aromatic rings. The first-order valence-electron chi connectivity index (χ1n) is 5.47. The van der Waals surface area contributed by atoms with E-state index in [1.54, 1.807) is 20.8 Å². The third-order valence-electron chi connectivity index (χ3n) is 2.44. The molecule has 0 radical (unpaired) electrons. The molecule has 15 heavy (non-hydrogen) atoms. The highest BCUT2D eigenvalue weighted by molar-refractivity contribution is 5.87. The second kappa shape index (κ2) is 4.79. The molecule has 1 fully saturated rings. The van der Waals surface area contributed by atoms with E-state index in [0.29, 0.717) is 5.57 Å². The second-order valence-corrected chi connectivity index (χ2v) is 4.59. The molecule has 0 saturated heterocycles. The first-order chi connectivity index (χ1) is 6.91. The van der Waals surface area contributed by atoms with Gasteiger partial charge in [0, 0.05) is 19.4 Å². The number of esters is 1. The molecular formula is C12H20O3. The molecule has 0 amide bonds. The van der Waals surface area contributed by atoms with Gasteiger partial charge in [0.05, 0.1) is 6.10 Å². The highest BCUT2D eigenvalue weighted by Gasteiger charge is 2.29. The predicted molar refractivity (Wildman–Crippen MR) is 58.3 cm³/mol. The van der Waals surface area contributed by atoms with E-state index >= 15 is 0 Å². The Morgan fingerprint density at radius 3 is 2.33 bits per heavy atom. The van der Waals surface area contributed by atoms with Crippen LogP contribution in [0.2, 0.25) is 0 Å². The lowest BCUT2D eigenvalue weighted by Gasteiger charge is -2.28. The van der Waals surface area contributed by atoms with Crippen LogP contribution in [0, 0.1) is 0 Å². The third kappa shape index (κ3) is 4.04. The van der Waals surface area contributed by atoms with Gasteiger partial charge in [0.1, 0.15) is 0 Å². The fourth-order valence-electron chi connectivity index (χ4n) is 1.74. The second-order valence-electron chi connectivity index (χ2n) is 4.59. The highest BCUT2D eigenvalue weighted by atomic mass is 16.7. The van der Waals surface area contributed by atoms with E-state index in [1.165, 1.54) is 12.8 Å². The van der Waals surface area contributed by atoms with Crippen molar-refractivity contribution < 1.29 is 14.3 Å². The van der Waals surface area contributed by atoms with Crippen molar-refractivity contribution in [3.05, 3.63) is 12.2 Å². The normalized spacial score (nSPS) is 17.8. The van der Waals surface area contributed by atoms with Crippen LogP contribution in [0.25, 0.3) is 0 Å². The van der Waals surface area contributed by atoms with Crippen LogP contribution in [0.4, 0.5) is 0 Å². The molecule has 3 heteroatoms. The Bertz CT molecular complexity index is 250. The molecule has 0 aromatic heterocycles. The molecule has 0 spiro atoms. The molecule has 1 aliphatic rings. The lowest BCUT2D eigenvalue weighted by Crippen LogP contribution is -2.35. The summed E-state index contributed by atoms with van der Waals surface area (Å²) in [5, 5.41) is 0. The van der Waals surface area contributed by atoms with E-state index in [2.05, 4.69) is 6.58 Å². The topological polar surface area (TPSA) is 35.5 Å². The lowest BCUT2D eigenvalue weighted by molar-refractivity contribution is -0.228. The van der Waals surface area contributed by atoms with Crippen molar-refractivity contribution in [3.8, 4) is 0 Å². The number of ether oxygens (including phenoxy) is 2. The predicted octanol–water partition coefficient (Wildman–Crippen LogP) is 2.80. The van der Waals surface area contributed by atoms with Crippen LogP contribution < -0.4 is 0 Å². The van der Waals surface area contributed by atoms with Gasteiger partial charge in [-0.1, -0.05) is 19.4 Å². The Morgan fingerprint density at radius 2 is 1.87 bits per heavy atom. The molecule has 86 valence electrons. The quantitative estimate of drug-likeness (QED) is 0.408. The summed E-state index contributed by atoms with van der Waals surface area (Å²) >= 11 is 0. The van der Waals surface area contributed by atoms with Gasteiger partial charge in [-0.05, 0) is 19.8 Å². The minimum absolute atomic E-state index is 0.234. The molecule has 1 aliphatic carbocycles. The van der Waals surface area contributed by atoms with Gasteiger partial charge in [-0.2, -0.15) is 0 Å². The molecule has 0 unspecified atom stereocenters. The van der Waals surface area contributed by atoms with E-state index in [9.17, 15) is 4.79 Å². The zero-order valence-corrected chi connectivity index (χ0v) is 9.84. The summed E-state index contributed by atoms with van der Waals surface area (Å²) in [6.45, 7) is 8.71. The first-order valence-corrected chi connectivity index (χ1v) is 5.47. The van der Waals surface area contributed by atoms with E-state index < -0.39 is 11.8 Å². The van der Waals surface area contributed by atoms with Crippen molar-refractivity contribution in [3.63, 3.8) is 0 Å². The largest absolute Gasteiger partial charge is 0.430 e. The molecular weight excluding hydrogens is 192 g/mol. The fourth-order valence-corrected chi connectivity index (χ4v) is 1.74. The van der Waals surface area contributed by atoms with Gasteiger partial charge in [-0.15, -0.1) is 0 Å². The monoisotopic (exact) mass is 212 g/mol. The summed E-state index contributed by atoms with van der Waals surface area (Å²) in [5.41, 5.74) is 0.401. The van der Waals surface area contributed by atoms with E-state index in [4.69, 9.17) is 9.47 Å². The van der Waals surface area contributed by atoms with Crippen LogP contribution in [-0.2, 0) is 14.3 Å². The number of hydrogen-bond donors (Lipinski definition) is 0. The number of hydrogen-bond acceptors (Lipinski definition) is 3. The maximum Gasteiger partial charge on any atom is 0.335 e. The molecule has 0 aromatic carbocycles. The Labute approximate surface area is 91.4 Å².